The van der Waals surface area contributed by atoms with E-state index >= 15 is 0 Å². The van der Waals surface area contributed by atoms with Gasteiger partial charge in [-0.25, -0.2) is 9.67 Å². The molecule has 1 aliphatic heterocycles. The first-order valence-corrected chi connectivity index (χ1v) is 8.62. The Balaban J connectivity index is 0.00000182. The number of piperidine rings is 1. The van der Waals surface area contributed by atoms with Gasteiger partial charge in [-0.15, -0.1) is 17.5 Å². The lowest BCUT2D eigenvalue weighted by Gasteiger charge is -2.22. The zero-order valence-electron chi connectivity index (χ0n) is 13.7. The van der Waals surface area contributed by atoms with E-state index in [1.54, 1.807) is 6.26 Å². The van der Waals surface area contributed by atoms with Gasteiger partial charge in [-0.05, 0) is 49.7 Å². The third kappa shape index (κ3) is 3.89. The van der Waals surface area contributed by atoms with E-state index in [9.17, 15) is 0 Å². The third-order valence-corrected chi connectivity index (χ3v) is 4.79. The maximum absolute atomic E-state index is 6.33. The average molecular weight is 379 g/mol. The molecule has 3 aromatic rings. The second kappa shape index (κ2) is 8.04. The molecule has 7 heteroatoms. The van der Waals surface area contributed by atoms with E-state index in [4.69, 9.17) is 26.1 Å². The van der Waals surface area contributed by atoms with E-state index in [0.29, 0.717) is 24.0 Å². The Morgan fingerprint density at radius 1 is 1.16 bits per heavy atom. The zero-order chi connectivity index (χ0) is 16.4. The summed E-state index contributed by atoms with van der Waals surface area (Å²) < 4.78 is 7.45. The van der Waals surface area contributed by atoms with Gasteiger partial charge >= 0.3 is 0 Å². The Bertz CT molecular complexity index is 810. The highest BCUT2D eigenvalue weighted by atomic mass is 35.5. The van der Waals surface area contributed by atoms with Gasteiger partial charge in [-0.3, -0.25) is 0 Å². The Kier molecular flexibility index (Phi) is 5.78. The molecule has 1 aliphatic rings. The molecule has 2 aromatic heterocycles. The Morgan fingerprint density at radius 2 is 1.96 bits per heavy atom. The lowest BCUT2D eigenvalue weighted by molar-refractivity contribution is 0.427. The summed E-state index contributed by atoms with van der Waals surface area (Å²) in [5, 5.41) is 8.85. The van der Waals surface area contributed by atoms with E-state index < -0.39 is 0 Å². The average Bonchev–Trinajstić information content (AvgIpc) is 3.27. The highest BCUT2D eigenvalue weighted by molar-refractivity contribution is 6.31. The molecule has 0 saturated carbocycles. The van der Waals surface area contributed by atoms with Crippen LogP contribution in [0.25, 0.3) is 11.6 Å². The maximum atomic E-state index is 6.33. The molecule has 1 saturated heterocycles. The summed E-state index contributed by atoms with van der Waals surface area (Å²) in [6, 6.07) is 11.6. The Morgan fingerprint density at radius 3 is 2.68 bits per heavy atom. The molecule has 1 N–H and O–H groups in total. The number of hydrogen-bond acceptors (Lipinski definition) is 4. The van der Waals surface area contributed by atoms with Crippen LogP contribution >= 0.6 is 24.0 Å². The van der Waals surface area contributed by atoms with Crippen molar-refractivity contribution >= 4 is 24.0 Å². The van der Waals surface area contributed by atoms with Gasteiger partial charge in [0.15, 0.2) is 5.76 Å². The van der Waals surface area contributed by atoms with Crippen molar-refractivity contribution in [3.8, 4) is 11.6 Å². The highest BCUT2D eigenvalue weighted by Gasteiger charge is 2.23. The molecule has 0 radical (unpaired) electrons. The molecular formula is C18H20Cl2N4O. The van der Waals surface area contributed by atoms with Gasteiger partial charge in [0, 0.05) is 10.9 Å². The normalized spacial score (nSPS) is 15.1. The van der Waals surface area contributed by atoms with Crippen molar-refractivity contribution in [1.29, 1.82) is 0 Å². The molecule has 0 atom stereocenters. The highest BCUT2D eigenvalue weighted by Crippen LogP contribution is 2.28. The van der Waals surface area contributed by atoms with Crippen LogP contribution in [0, 0.1) is 0 Å². The van der Waals surface area contributed by atoms with Crippen LogP contribution in [0.2, 0.25) is 5.02 Å². The molecule has 0 unspecified atom stereocenters. The molecule has 4 rings (SSSR count). The molecule has 0 bridgehead atoms. The molecule has 3 heterocycles. The van der Waals surface area contributed by atoms with Gasteiger partial charge in [0.05, 0.1) is 12.8 Å². The summed E-state index contributed by atoms with van der Waals surface area (Å²) in [6.07, 6.45) is 3.78. The SMILES string of the molecule is Cl.Clc1ccccc1Cn1nc(-c2ccco2)nc1C1CCNCC1. The fourth-order valence-electron chi connectivity index (χ4n) is 3.15. The fourth-order valence-corrected chi connectivity index (χ4v) is 3.35. The molecule has 1 aromatic carbocycles. The van der Waals surface area contributed by atoms with Crippen LogP contribution < -0.4 is 5.32 Å². The van der Waals surface area contributed by atoms with E-state index in [0.717, 1.165) is 42.3 Å². The number of hydrogen-bond donors (Lipinski definition) is 1. The van der Waals surface area contributed by atoms with Gasteiger partial charge in [0.1, 0.15) is 5.82 Å². The quantitative estimate of drug-likeness (QED) is 0.741. The number of aromatic nitrogens is 3. The van der Waals surface area contributed by atoms with Crippen molar-refractivity contribution in [2.24, 2.45) is 0 Å². The number of furan rings is 1. The molecule has 0 amide bonds. The van der Waals surface area contributed by atoms with Crippen LogP contribution in [0.4, 0.5) is 0 Å². The van der Waals surface area contributed by atoms with Crippen LogP contribution in [0.3, 0.4) is 0 Å². The molecule has 0 spiro atoms. The van der Waals surface area contributed by atoms with Crippen LogP contribution in [0.5, 0.6) is 0 Å². The number of halogens is 2. The van der Waals surface area contributed by atoms with Crippen molar-refractivity contribution in [2.75, 3.05) is 13.1 Å². The van der Waals surface area contributed by atoms with Gasteiger partial charge in [-0.2, -0.15) is 0 Å². The lowest BCUT2D eigenvalue weighted by Crippen LogP contribution is -2.28. The summed E-state index contributed by atoms with van der Waals surface area (Å²) in [5.41, 5.74) is 1.05. The van der Waals surface area contributed by atoms with E-state index in [-0.39, 0.29) is 12.4 Å². The van der Waals surface area contributed by atoms with Crippen molar-refractivity contribution < 1.29 is 4.42 Å². The minimum absolute atomic E-state index is 0. The second-order valence-corrected chi connectivity index (χ2v) is 6.45. The zero-order valence-corrected chi connectivity index (χ0v) is 15.3. The number of nitrogens with zero attached hydrogens (tertiary/aromatic N) is 3. The molecule has 1 fully saturated rings. The predicted octanol–water partition coefficient (Wildman–Crippen LogP) is 4.13. The van der Waals surface area contributed by atoms with Crippen LogP contribution in [-0.4, -0.2) is 27.9 Å². The van der Waals surface area contributed by atoms with Crippen molar-refractivity contribution in [3.05, 3.63) is 59.1 Å². The Hall–Kier alpha value is -1.82. The molecule has 132 valence electrons. The first kappa shape index (κ1) is 18.0. The van der Waals surface area contributed by atoms with Crippen LogP contribution in [0.1, 0.15) is 30.1 Å². The molecule has 0 aliphatic carbocycles. The van der Waals surface area contributed by atoms with Crippen molar-refractivity contribution in [2.45, 2.75) is 25.3 Å². The maximum Gasteiger partial charge on any atom is 0.217 e. The lowest BCUT2D eigenvalue weighted by atomic mass is 9.97. The van der Waals surface area contributed by atoms with Gasteiger partial charge in [0.2, 0.25) is 5.82 Å². The second-order valence-electron chi connectivity index (χ2n) is 6.04. The number of benzene rings is 1. The summed E-state index contributed by atoms with van der Waals surface area (Å²) in [4.78, 5) is 4.79. The Labute approximate surface area is 157 Å². The van der Waals surface area contributed by atoms with Crippen LogP contribution in [-0.2, 0) is 6.54 Å². The standard InChI is InChI=1S/C18H19ClN4O.ClH/c19-15-5-2-1-4-14(15)12-23-18(13-7-9-20-10-8-13)21-17(22-23)16-6-3-11-24-16;/h1-6,11,13,20H,7-10,12H2;1H. The molecule has 5 nitrogen and oxygen atoms in total. The fraction of sp³-hybridized carbons (Fsp3) is 0.333. The summed E-state index contributed by atoms with van der Waals surface area (Å²) >= 11 is 6.33. The van der Waals surface area contributed by atoms with Crippen molar-refractivity contribution in [3.63, 3.8) is 0 Å². The van der Waals surface area contributed by atoms with Gasteiger partial charge in [-0.1, -0.05) is 29.8 Å². The summed E-state index contributed by atoms with van der Waals surface area (Å²) in [5.74, 6) is 2.76. The summed E-state index contributed by atoms with van der Waals surface area (Å²) in [6.45, 7) is 2.64. The van der Waals surface area contributed by atoms with Gasteiger partial charge in [0.25, 0.3) is 0 Å². The van der Waals surface area contributed by atoms with E-state index in [1.807, 2.05) is 41.1 Å². The van der Waals surface area contributed by atoms with Gasteiger partial charge < -0.3 is 9.73 Å². The monoisotopic (exact) mass is 378 g/mol. The summed E-state index contributed by atoms with van der Waals surface area (Å²) in [7, 11) is 0. The van der Waals surface area contributed by atoms with E-state index in [2.05, 4.69) is 5.32 Å². The molecule has 25 heavy (non-hydrogen) atoms. The topological polar surface area (TPSA) is 55.9 Å². The minimum Gasteiger partial charge on any atom is -0.461 e. The third-order valence-electron chi connectivity index (χ3n) is 4.42. The number of nitrogens with one attached hydrogen (secondary N) is 1. The first-order valence-electron chi connectivity index (χ1n) is 8.24. The predicted molar refractivity (Wildman–Crippen MR) is 100 cm³/mol. The minimum atomic E-state index is 0. The molecular weight excluding hydrogens is 359 g/mol. The first-order chi connectivity index (χ1) is 11.8. The largest absolute Gasteiger partial charge is 0.461 e. The number of rotatable bonds is 4. The van der Waals surface area contributed by atoms with Crippen LogP contribution in [0.15, 0.2) is 47.1 Å². The smallest absolute Gasteiger partial charge is 0.217 e. The van der Waals surface area contributed by atoms with Crippen molar-refractivity contribution in [1.82, 2.24) is 20.1 Å². The van der Waals surface area contributed by atoms with E-state index in [1.165, 1.54) is 0 Å².